The molecule has 7 nitrogen and oxygen atoms in total. The highest BCUT2D eigenvalue weighted by Crippen LogP contribution is 2.34. The summed E-state index contributed by atoms with van der Waals surface area (Å²) in [7, 11) is 1.58. The molecule has 0 unspecified atom stereocenters. The van der Waals surface area contributed by atoms with Gasteiger partial charge in [-0.2, -0.15) is 10.1 Å². The molecular weight excluding hydrogens is 440 g/mol. The molecule has 0 bridgehead atoms. The van der Waals surface area contributed by atoms with Crippen LogP contribution >= 0.6 is 0 Å². The first kappa shape index (κ1) is 22.2. The van der Waals surface area contributed by atoms with Crippen LogP contribution in [-0.4, -0.2) is 34.4 Å². The molecule has 1 amide bonds. The maximum atomic E-state index is 12.6. The summed E-state index contributed by atoms with van der Waals surface area (Å²) in [5.41, 5.74) is 5.00. The fourth-order valence-electron chi connectivity index (χ4n) is 3.97. The Bertz CT molecular complexity index is 1480. The first-order chi connectivity index (χ1) is 17.1. The van der Waals surface area contributed by atoms with E-state index >= 15 is 0 Å². The van der Waals surface area contributed by atoms with Crippen molar-refractivity contribution in [3.8, 4) is 28.4 Å². The van der Waals surface area contributed by atoms with E-state index in [2.05, 4.69) is 5.32 Å². The summed E-state index contributed by atoms with van der Waals surface area (Å²) in [6.45, 7) is 1.78. The van der Waals surface area contributed by atoms with E-state index in [0.717, 1.165) is 27.9 Å². The van der Waals surface area contributed by atoms with E-state index in [9.17, 15) is 4.79 Å². The van der Waals surface area contributed by atoms with E-state index in [0.29, 0.717) is 23.0 Å². The standard InChI is InChI=1S/C28H24N4O3/c1-19-27-24(20-10-5-3-6-11-20)17-26(30-28(27)32(31-19)22-13-7-4-8-14-22)35-18-25(33)29-21-12-9-15-23(16-21)34-2/h3-17H,18H2,1-2H3,(H,29,33). The zero-order valence-electron chi connectivity index (χ0n) is 19.4. The molecule has 0 radical (unpaired) electrons. The second-order valence-electron chi connectivity index (χ2n) is 7.97. The van der Waals surface area contributed by atoms with Crippen molar-refractivity contribution in [2.24, 2.45) is 0 Å². The van der Waals surface area contributed by atoms with E-state index in [1.807, 2.05) is 85.8 Å². The fraction of sp³-hybridized carbons (Fsp3) is 0.107. The lowest BCUT2D eigenvalue weighted by molar-refractivity contribution is -0.118. The third-order valence-corrected chi connectivity index (χ3v) is 5.58. The number of anilines is 1. The molecule has 35 heavy (non-hydrogen) atoms. The maximum absolute atomic E-state index is 12.6. The molecule has 5 aromatic rings. The van der Waals surface area contributed by atoms with E-state index < -0.39 is 0 Å². The van der Waals surface area contributed by atoms with Crippen LogP contribution in [0.5, 0.6) is 11.6 Å². The van der Waals surface area contributed by atoms with E-state index in [-0.39, 0.29) is 12.5 Å². The van der Waals surface area contributed by atoms with Crippen molar-refractivity contribution in [2.45, 2.75) is 6.92 Å². The number of nitrogens with one attached hydrogen (secondary N) is 1. The Morgan fingerprint density at radius 2 is 1.69 bits per heavy atom. The summed E-state index contributed by atoms with van der Waals surface area (Å²) < 4.78 is 12.9. The van der Waals surface area contributed by atoms with Crippen LogP contribution in [0.4, 0.5) is 5.69 Å². The number of amides is 1. The van der Waals surface area contributed by atoms with Crippen LogP contribution in [0.25, 0.3) is 27.8 Å². The number of rotatable bonds is 7. The Kier molecular flexibility index (Phi) is 6.13. The summed E-state index contributed by atoms with van der Waals surface area (Å²) in [6, 6.07) is 28.9. The summed E-state index contributed by atoms with van der Waals surface area (Å²) in [6.07, 6.45) is 0. The Labute approximate surface area is 203 Å². The van der Waals surface area contributed by atoms with Crippen LogP contribution in [0.1, 0.15) is 5.69 Å². The average Bonchev–Trinajstić information content (AvgIpc) is 3.24. The molecule has 0 saturated heterocycles. The molecule has 174 valence electrons. The number of para-hydroxylation sites is 1. The second-order valence-corrected chi connectivity index (χ2v) is 7.97. The highest BCUT2D eigenvalue weighted by atomic mass is 16.5. The number of pyridine rings is 1. The van der Waals surface area contributed by atoms with Gasteiger partial charge in [0.15, 0.2) is 12.3 Å². The Morgan fingerprint density at radius 3 is 2.43 bits per heavy atom. The molecule has 0 aliphatic rings. The smallest absolute Gasteiger partial charge is 0.262 e. The minimum absolute atomic E-state index is 0.192. The number of methoxy groups -OCH3 is 1. The number of aromatic nitrogens is 3. The molecule has 0 atom stereocenters. The molecule has 0 spiro atoms. The number of carbonyl (C=O) groups is 1. The number of carbonyl (C=O) groups excluding carboxylic acids is 1. The van der Waals surface area contributed by atoms with Crippen molar-refractivity contribution < 1.29 is 14.3 Å². The van der Waals surface area contributed by atoms with Gasteiger partial charge in [-0.1, -0.05) is 54.6 Å². The molecule has 7 heteroatoms. The SMILES string of the molecule is COc1cccc(NC(=O)COc2cc(-c3ccccc3)c3c(C)nn(-c4ccccc4)c3n2)c1. The molecule has 0 aliphatic carbocycles. The van der Waals surface area contributed by atoms with Crippen molar-refractivity contribution >= 4 is 22.6 Å². The Hall–Kier alpha value is -4.65. The summed E-state index contributed by atoms with van der Waals surface area (Å²) in [5.74, 6) is 0.705. The van der Waals surface area contributed by atoms with E-state index in [4.69, 9.17) is 19.6 Å². The monoisotopic (exact) mass is 464 g/mol. The van der Waals surface area contributed by atoms with Crippen molar-refractivity contribution in [3.63, 3.8) is 0 Å². The first-order valence-corrected chi connectivity index (χ1v) is 11.2. The Balaban J connectivity index is 1.50. The number of fused-ring (bicyclic) bond motifs is 1. The molecule has 3 aromatic carbocycles. The number of hydrogen-bond donors (Lipinski definition) is 1. The fourth-order valence-corrected chi connectivity index (χ4v) is 3.97. The average molecular weight is 465 g/mol. The molecule has 2 aromatic heterocycles. The minimum Gasteiger partial charge on any atom is -0.497 e. The van der Waals surface area contributed by atoms with Gasteiger partial charge in [0, 0.05) is 17.8 Å². The predicted molar refractivity (Wildman–Crippen MR) is 136 cm³/mol. The van der Waals surface area contributed by atoms with Gasteiger partial charge in [0.05, 0.1) is 23.9 Å². The van der Waals surface area contributed by atoms with Crippen LogP contribution in [0.2, 0.25) is 0 Å². The highest BCUT2D eigenvalue weighted by Gasteiger charge is 2.18. The van der Waals surface area contributed by atoms with Gasteiger partial charge in [-0.15, -0.1) is 0 Å². The molecule has 2 heterocycles. The maximum Gasteiger partial charge on any atom is 0.262 e. The van der Waals surface area contributed by atoms with Crippen LogP contribution in [0.3, 0.4) is 0 Å². The van der Waals surface area contributed by atoms with Gasteiger partial charge >= 0.3 is 0 Å². The third-order valence-electron chi connectivity index (χ3n) is 5.58. The number of aryl methyl sites for hydroxylation is 1. The van der Waals surface area contributed by atoms with Gasteiger partial charge in [0.1, 0.15) is 5.75 Å². The predicted octanol–water partition coefficient (Wildman–Crippen LogP) is 5.42. The van der Waals surface area contributed by atoms with Crippen LogP contribution in [-0.2, 0) is 4.79 Å². The lowest BCUT2D eigenvalue weighted by atomic mass is 10.0. The summed E-state index contributed by atoms with van der Waals surface area (Å²) in [4.78, 5) is 17.3. The lowest BCUT2D eigenvalue weighted by Crippen LogP contribution is -2.20. The number of ether oxygens (including phenoxy) is 2. The van der Waals surface area contributed by atoms with Crippen molar-refractivity contribution in [2.75, 3.05) is 19.0 Å². The number of hydrogen-bond acceptors (Lipinski definition) is 5. The zero-order chi connectivity index (χ0) is 24.2. The normalized spacial score (nSPS) is 10.8. The van der Waals surface area contributed by atoms with Gasteiger partial charge < -0.3 is 14.8 Å². The topological polar surface area (TPSA) is 78.3 Å². The minimum atomic E-state index is -0.297. The lowest BCUT2D eigenvalue weighted by Gasteiger charge is -2.11. The molecule has 1 N–H and O–H groups in total. The Morgan fingerprint density at radius 1 is 0.943 bits per heavy atom. The molecule has 0 saturated carbocycles. The van der Waals surface area contributed by atoms with Gasteiger partial charge in [0.25, 0.3) is 5.91 Å². The molecule has 0 aliphatic heterocycles. The highest BCUT2D eigenvalue weighted by molar-refractivity contribution is 5.96. The van der Waals surface area contributed by atoms with Crippen LogP contribution in [0.15, 0.2) is 91.0 Å². The van der Waals surface area contributed by atoms with Crippen molar-refractivity contribution in [1.29, 1.82) is 0 Å². The van der Waals surface area contributed by atoms with Gasteiger partial charge in [-0.25, -0.2) is 4.68 Å². The quantitative estimate of drug-likeness (QED) is 0.348. The van der Waals surface area contributed by atoms with Gasteiger partial charge in [-0.05, 0) is 42.3 Å². The van der Waals surface area contributed by atoms with Crippen LogP contribution < -0.4 is 14.8 Å². The molecule has 0 fully saturated rings. The summed E-state index contributed by atoms with van der Waals surface area (Å²) in [5, 5.41) is 8.52. The number of nitrogens with zero attached hydrogens (tertiary/aromatic N) is 3. The van der Waals surface area contributed by atoms with Gasteiger partial charge in [0.2, 0.25) is 5.88 Å². The third kappa shape index (κ3) is 4.70. The second kappa shape index (κ2) is 9.69. The molecular formula is C28H24N4O3. The number of benzene rings is 3. The largest absolute Gasteiger partial charge is 0.497 e. The van der Waals surface area contributed by atoms with Crippen molar-refractivity contribution in [1.82, 2.24) is 14.8 Å². The van der Waals surface area contributed by atoms with Gasteiger partial charge in [-0.3, -0.25) is 4.79 Å². The van der Waals surface area contributed by atoms with E-state index in [1.165, 1.54) is 0 Å². The van der Waals surface area contributed by atoms with E-state index in [1.54, 1.807) is 23.9 Å². The summed E-state index contributed by atoms with van der Waals surface area (Å²) >= 11 is 0. The van der Waals surface area contributed by atoms with Crippen molar-refractivity contribution in [3.05, 3.63) is 96.7 Å². The molecule has 5 rings (SSSR count). The van der Waals surface area contributed by atoms with Crippen LogP contribution in [0, 0.1) is 6.92 Å². The zero-order valence-corrected chi connectivity index (χ0v) is 19.4. The first-order valence-electron chi connectivity index (χ1n) is 11.2.